The van der Waals surface area contributed by atoms with Gasteiger partial charge in [0, 0.05) is 19.8 Å². The molecule has 0 bridgehead atoms. The lowest BCUT2D eigenvalue weighted by molar-refractivity contribution is 0.145. The lowest BCUT2D eigenvalue weighted by Crippen LogP contribution is -2.37. The van der Waals surface area contributed by atoms with Crippen molar-refractivity contribution in [3.8, 4) is 0 Å². The first-order chi connectivity index (χ1) is 8.63. The molecule has 0 radical (unpaired) electrons. The second-order valence-corrected chi connectivity index (χ2v) is 4.53. The molecule has 0 saturated carbocycles. The van der Waals surface area contributed by atoms with Gasteiger partial charge in [-0.15, -0.1) is 0 Å². The molecule has 0 amide bonds. The summed E-state index contributed by atoms with van der Waals surface area (Å²) in [7, 11) is 0. The van der Waals surface area contributed by atoms with Crippen LogP contribution in [0, 0.1) is 6.92 Å². The predicted octanol–water partition coefficient (Wildman–Crippen LogP) is 2.54. The molecule has 0 aliphatic carbocycles. The van der Waals surface area contributed by atoms with Gasteiger partial charge in [-0.1, -0.05) is 0 Å². The number of aryl methyl sites for hydroxylation is 1. The Balaban J connectivity index is 2.19. The van der Waals surface area contributed by atoms with E-state index < -0.39 is 0 Å². The van der Waals surface area contributed by atoms with Crippen molar-refractivity contribution in [2.45, 2.75) is 33.2 Å². The first kappa shape index (κ1) is 15.0. The molecule has 1 aromatic rings. The molecule has 5 heteroatoms. The Labute approximate surface area is 114 Å². The van der Waals surface area contributed by atoms with E-state index in [0.717, 1.165) is 37.7 Å². The fourth-order valence-corrected chi connectivity index (χ4v) is 1.80. The molecule has 2 N–H and O–H groups in total. The van der Waals surface area contributed by atoms with Crippen molar-refractivity contribution in [2.24, 2.45) is 0 Å². The average Bonchev–Trinajstić information content (AvgIpc) is 2.75. The number of rotatable bonds is 7. The molecule has 18 heavy (non-hydrogen) atoms. The first-order valence-electron chi connectivity index (χ1n) is 6.32. The third kappa shape index (κ3) is 5.51. The lowest BCUT2D eigenvalue weighted by Gasteiger charge is -2.15. The second kappa shape index (κ2) is 8.11. The molecule has 102 valence electrons. The fourth-order valence-electron chi connectivity index (χ4n) is 1.53. The van der Waals surface area contributed by atoms with Crippen LogP contribution in [0.1, 0.15) is 37.8 Å². The zero-order chi connectivity index (χ0) is 13.4. The summed E-state index contributed by atoms with van der Waals surface area (Å²) >= 11 is 5.21. The monoisotopic (exact) mass is 270 g/mol. The number of hydrogen-bond acceptors (Lipinski definition) is 3. The molecule has 4 nitrogen and oxygen atoms in total. The number of hydrogen-bond donors (Lipinski definition) is 2. The minimum absolute atomic E-state index is 0.0746. The van der Waals surface area contributed by atoms with E-state index in [1.54, 1.807) is 0 Å². The summed E-state index contributed by atoms with van der Waals surface area (Å²) in [5.41, 5.74) is 0. The van der Waals surface area contributed by atoms with Crippen molar-refractivity contribution in [2.75, 3.05) is 19.8 Å². The largest absolute Gasteiger partial charge is 0.464 e. The zero-order valence-electron chi connectivity index (χ0n) is 11.3. The highest BCUT2D eigenvalue weighted by Crippen LogP contribution is 2.15. The van der Waals surface area contributed by atoms with Crippen LogP contribution in [0.25, 0.3) is 0 Å². The van der Waals surface area contributed by atoms with Crippen molar-refractivity contribution in [1.82, 2.24) is 10.6 Å². The van der Waals surface area contributed by atoms with Gasteiger partial charge in [-0.25, -0.2) is 0 Å². The van der Waals surface area contributed by atoms with Gasteiger partial charge in [0.2, 0.25) is 0 Å². The van der Waals surface area contributed by atoms with Crippen LogP contribution in [0.15, 0.2) is 16.5 Å². The number of thiocarbonyl (C=S) groups is 1. The summed E-state index contributed by atoms with van der Waals surface area (Å²) in [4.78, 5) is 0. The van der Waals surface area contributed by atoms with Crippen LogP contribution < -0.4 is 10.6 Å². The summed E-state index contributed by atoms with van der Waals surface area (Å²) in [6.45, 7) is 8.28. The maximum absolute atomic E-state index is 5.53. The normalized spacial score (nSPS) is 12.2. The molecule has 1 unspecified atom stereocenters. The van der Waals surface area contributed by atoms with Crippen LogP contribution in [-0.4, -0.2) is 24.9 Å². The summed E-state index contributed by atoms with van der Waals surface area (Å²) < 4.78 is 10.8. The van der Waals surface area contributed by atoms with Crippen molar-refractivity contribution in [3.63, 3.8) is 0 Å². The Morgan fingerprint density at radius 3 is 2.89 bits per heavy atom. The minimum atomic E-state index is 0.0746. The summed E-state index contributed by atoms with van der Waals surface area (Å²) in [5, 5.41) is 6.98. The highest BCUT2D eigenvalue weighted by molar-refractivity contribution is 7.80. The molecule has 0 aliphatic rings. The molecule has 1 atom stereocenters. The van der Waals surface area contributed by atoms with Gasteiger partial charge in [-0.3, -0.25) is 0 Å². The summed E-state index contributed by atoms with van der Waals surface area (Å²) in [5.74, 6) is 1.81. The van der Waals surface area contributed by atoms with Crippen LogP contribution in [0.2, 0.25) is 0 Å². The number of nitrogens with one attached hydrogen (secondary N) is 2. The molecule has 1 rings (SSSR count). The number of ether oxygens (including phenoxy) is 1. The fraction of sp³-hybridized carbons (Fsp3) is 0.615. The molecule has 0 spiro atoms. The van der Waals surface area contributed by atoms with Crippen LogP contribution in [0.4, 0.5) is 0 Å². The van der Waals surface area contributed by atoms with Crippen molar-refractivity contribution >= 4 is 17.3 Å². The van der Waals surface area contributed by atoms with Crippen molar-refractivity contribution in [3.05, 3.63) is 23.7 Å². The molecule has 0 aromatic carbocycles. The van der Waals surface area contributed by atoms with E-state index >= 15 is 0 Å². The van der Waals surface area contributed by atoms with Crippen LogP contribution in [-0.2, 0) is 4.74 Å². The van der Waals surface area contributed by atoms with E-state index in [0.29, 0.717) is 5.11 Å². The predicted molar refractivity (Wildman–Crippen MR) is 76.7 cm³/mol. The minimum Gasteiger partial charge on any atom is -0.464 e. The third-order valence-corrected chi connectivity index (χ3v) is 2.75. The van der Waals surface area contributed by atoms with E-state index in [2.05, 4.69) is 10.6 Å². The maximum Gasteiger partial charge on any atom is 0.166 e. The van der Waals surface area contributed by atoms with Gasteiger partial charge < -0.3 is 19.8 Å². The van der Waals surface area contributed by atoms with Gasteiger partial charge in [0.25, 0.3) is 0 Å². The van der Waals surface area contributed by atoms with Crippen LogP contribution in [0.5, 0.6) is 0 Å². The smallest absolute Gasteiger partial charge is 0.166 e. The third-order valence-electron chi connectivity index (χ3n) is 2.49. The Morgan fingerprint density at radius 2 is 2.28 bits per heavy atom. The highest BCUT2D eigenvalue weighted by atomic mass is 32.1. The van der Waals surface area contributed by atoms with Gasteiger partial charge in [-0.2, -0.15) is 0 Å². The second-order valence-electron chi connectivity index (χ2n) is 4.12. The average molecular weight is 270 g/mol. The van der Waals surface area contributed by atoms with Crippen molar-refractivity contribution in [1.29, 1.82) is 0 Å². The van der Waals surface area contributed by atoms with E-state index in [1.165, 1.54) is 0 Å². The first-order valence-corrected chi connectivity index (χ1v) is 6.72. The van der Waals surface area contributed by atoms with Gasteiger partial charge in [0.05, 0.1) is 6.04 Å². The molecule has 1 heterocycles. The van der Waals surface area contributed by atoms with Gasteiger partial charge in [-0.05, 0) is 51.5 Å². The molecule has 0 fully saturated rings. The van der Waals surface area contributed by atoms with Crippen LogP contribution in [0.3, 0.4) is 0 Å². The van der Waals surface area contributed by atoms with Crippen molar-refractivity contribution < 1.29 is 9.15 Å². The van der Waals surface area contributed by atoms with Crippen LogP contribution >= 0.6 is 12.2 Å². The molecule has 0 saturated heterocycles. The van der Waals surface area contributed by atoms with Gasteiger partial charge in [0.1, 0.15) is 11.5 Å². The van der Waals surface area contributed by atoms with Gasteiger partial charge in [0.15, 0.2) is 5.11 Å². The quantitative estimate of drug-likeness (QED) is 0.589. The lowest BCUT2D eigenvalue weighted by atomic mass is 10.2. The summed E-state index contributed by atoms with van der Waals surface area (Å²) in [6.07, 6.45) is 0.948. The SMILES string of the molecule is CCOCCCNC(=S)NC(C)c1ccc(C)o1. The molecule has 0 aliphatic heterocycles. The van der Waals surface area contributed by atoms with E-state index in [1.807, 2.05) is 32.9 Å². The Morgan fingerprint density at radius 1 is 1.50 bits per heavy atom. The summed E-state index contributed by atoms with van der Waals surface area (Å²) in [6, 6.07) is 3.99. The van der Waals surface area contributed by atoms with E-state index in [-0.39, 0.29) is 6.04 Å². The molecular formula is C13H22N2O2S. The maximum atomic E-state index is 5.53. The standard InChI is InChI=1S/C13H22N2O2S/c1-4-16-9-5-8-14-13(18)15-11(3)12-7-6-10(2)17-12/h6-7,11H,4-5,8-9H2,1-3H3,(H2,14,15,18). The molecule has 1 aromatic heterocycles. The Kier molecular flexibility index (Phi) is 6.75. The zero-order valence-corrected chi connectivity index (χ0v) is 12.1. The highest BCUT2D eigenvalue weighted by Gasteiger charge is 2.09. The Hall–Kier alpha value is -1.07. The topological polar surface area (TPSA) is 46.4 Å². The van der Waals surface area contributed by atoms with E-state index in [9.17, 15) is 0 Å². The Bertz CT molecular complexity index is 366. The van der Waals surface area contributed by atoms with Gasteiger partial charge >= 0.3 is 0 Å². The van der Waals surface area contributed by atoms with E-state index in [4.69, 9.17) is 21.4 Å². The number of furan rings is 1. The molecular weight excluding hydrogens is 248 g/mol.